The van der Waals surface area contributed by atoms with Gasteiger partial charge in [0.05, 0.1) is 14.2 Å². The van der Waals surface area contributed by atoms with E-state index in [1.54, 1.807) is 42.2 Å². The van der Waals surface area contributed by atoms with E-state index in [9.17, 15) is 9.59 Å². The zero-order valence-electron chi connectivity index (χ0n) is 12.0. The summed E-state index contributed by atoms with van der Waals surface area (Å²) in [6, 6.07) is 6.71. The molecule has 0 fully saturated rings. The average Bonchev–Trinajstić information content (AvgIpc) is 2.79. The molecule has 1 heterocycles. The molecule has 110 valence electrons. The van der Waals surface area contributed by atoms with Crippen LogP contribution in [0.15, 0.2) is 30.6 Å². The molecular formula is C14H16N3O4+. The largest absolute Gasteiger partial charge is 0.465 e. The van der Waals surface area contributed by atoms with E-state index in [-0.39, 0.29) is 5.91 Å². The fourth-order valence-electron chi connectivity index (χ4n) is 1.79. The predicted molar refractivity (Wildman–Crippen MR) is 74.1 cm³/mol. The third-order valence-electron chi connectivity index (χ3n) is 2.74. The van der Waals surface area contributed by atoms with Crippen molar-refractivity contribution in [1.29, 1.82) is 0 Å². The Labute approximate surface area is 121 Å². The molecule has 1 amide bonds. The summed E-state index contributed by atoms with van der Waals surface area (Å²) >= 11 is 0. The maximum atomic E-state index is 11.7. The Morgan fingerprint density at radius 1 is 1.29 bits per heavy atom. The minimum absolute atomic E-state index is 0.233. The highest BCUT2D eigenvalue weighted by Crippen LogP contribution is 2.27. The van der Waals surface area contributed by atoms with Gasteiger partial charge in [0.15, 0.2) is 0 Å². The number of carbonyl (C=O) groups excluding carboxylic acids is 2. The Hall–Kier alpha value is -2.83. The summed E-state index contributed by atoms with van der Waals surface area (Å²) in [5.74, 6) is 0.394. The molecular weight excluding hydrogens is 274 g/mol. The van der Waals surface area contributed by atoms with E-state index in [1.165, 1.54) is 14.0 Å². The smallest absolute Gasteiger partial charge is 0.356 e. The number of hydrogen-bond acceptors (Lipinski definition) is 4. The van der Waals surface area contributed by atoms with Crippen LogP contribution in [0.5, 0.6) is 11.6 Å². The number of rotatable bonds is 4. The van der Waals surface area contributed by atoms with Gasteiger partial charge in [-0.1, -0.05) is 12.1 Å². The predicted octanol–water partition coefficient (Wildman–Crippen LogP) is 1.38. The number of nitrogens with zero attached hydrogens (tertiary/aromatic N) is 1. The molecule has 2 aromatic rings. The van der Waals surface area contributed by atoms with Crippen molar-refractivity contribution in [3.63, 3.8) is 0 Å². The second kappa shape index (κ2) is 6.08. The molecule has 0 saturated carbocycles. The van der Waals surface area contributed by atoms with Crippen molar-refractivity contribution in [2.45, 2.75) is 6.92 Å². The molecule has 7 nitrogen and oxygen atoms in total. The van der Waals surface area contributed by atoms with E-state index in [2.05, 4.69) is 10.3 Å². The summed E-state index contributed by atoms with van der Waals surface area (Å²) < 4.78 is 12.1. The highest BCUT2D eigenvalue weighted by Gasteiger charge is 2.22. The fourth-order valence-corrected chi connectivity index (χ4v) is 1.79. The SMILES string of the molecule is COC(=O)c1ccccc1Oc1c(NC(C)=O)[nH]c[n+]1C. The number of hydrogen-bond donors (Lipinski definition) is 2. The summed E-state index contributed by atoms with van der Waals surface area (Å²) in [7, 11) is 3.05. The van der Waals surface area contributed by atoms with Gasteiger partial charge in [-0.05, 0) is 12.1 Å². The Kier molecular flexibility index (Phi) is 4.22. The number of ether oxygens (including phenoxy) is 2. The molecule has 21 heavy (non-hydrogen) atoms. The Bertz CT molecular complexity index is 679. The molecule has 0 aliphatic carbocycles. The number of aromatic nitrogens is 2. The van der Waals surface area contributed by atoms with Crippen LogP contribution < -0.4 is 14.6 Å². The monoisotopic (exact) mass is 290 g/mol. The van der Waals surface area contributed by atoms with Crippen LogP contribution in [0.4, 0.5) is 5.82 Å². The maximum absolute atomic E-state index is 11.7. The van der Waals surface area contributed by atoms with Crippen molar-refractivity contribution in [3.8, 4) is 11.6 Å². The summed E-state index contributed by atoms with van der Waals surface area (Å²) in [6.45, 7) is 1.40. The van der Waals surface area contributed by atoms with Crippen molar-refractivity contribution < 1.29 is 23.6 Å². The van der Waals surface area contributed by atoms with Crippen molar-refractivity contribution in [1.82, 2.24) is 4.98 Å². The van der Waals surface area contributed by atoms with Gasteiger partial charge < -0.3 is 9.47 Å². The minimum Gasteiger partial charge on any atom is -0.465 e. The van der Waals surface area contributed by atoms with Crippen LogP contribution in [0.1, 0.15) is 17.3 Å². The average molecular weight is 290 g/mol. The summed E-state index contributed by atoms with van der Waals surface area (Å²) in [6.07, 6.45) is 1.63. The molecule has 0 atom stereocenters. The van der Waals surface area contributed by atoms with E-state index >= 15 is 0 Å². The summed E-state index contributed by atoms with van der Waals surface area (Å²) in [5.41, 5.74) is 0.301. The second-order valence-electron chi connectivity index (χ2n) is 4.34. The molecule has 2 rings (SSSR count). The van der Waals surface area contributed by atoms with Gasteiger partial charge in [0.1, 0.15) is 11.3 Å². The lowest BCUT2D eigenvalue weighted by molar-refractivity contribution is -0.674. The first-order valence-corrected chi connectivity index (χ1v) is 6.22. The number of H-pyrrole nitrogens is 1. The first-order valence-electron chi connectivity index (χ1n) is 6.22. The lowest BCUT2D eigenvalue weighted by atomic mass is 10.2. The second-order valence-corrected chi connectivity index (χ2v) is 4.34. The van der Waals surface area contributed by atoms with E-state index in [0.717, 1.165) is 0 Å². The molecule has 0 saturated heterocycles. The third kappa shape index (κ3) is 3.19. The zero-order valence-corrected chi connectivity index (χ0v) is 12.0. The van der Waals surface area contributed by atoms with Crippen molar-refractivity contribution in [2.24, 2.45) is 7.05 Å². The molecule has 0 unspecified atom stereocenters. The Balaban J connectivity index is 2.37. The highest BCUT2D eigenvalue weighted by molar-refractivity contribution is 5.92. The van der Waals surface area contributed by atoms with Gasteiger partial charge in [0, 0.05) is 6.92 Å². The topological polar surface area (TPSA) is 84.3 Å². The molecule has 0 bridgehead atoms. The molecule has 0 spiro atoms. The Morgan fingerprint density at radius 3 is 2.67 bits per heavy atom. The quantitative estimate of drug-likeness (QED) is 0.658. The number of carbonyl (C=O) groups is 2. The summed E-state index contributed by atoms with van der Waals surface area (Å²) in [4.78, 5) is 25.8. The Morgan fingerprint density at radius 2 is 2.00 bits per heavy atom. The number of para-hydroxylation sites is 1. The minimum atomic E-state index is -0.495. The molecule has 1 aromatic carbocycles. The number of methoxy groups -OCH3 is 1. The standard InChI is InChI=1S/C14H15N3O4/c1-9(18)16-12-13(17(2)8-15-12)21-11-7-5-4-6-10(11)14(19)20-3/h4-8H,1-3H3,(H,16,18)/p+1. The van der Waals surface area contributed by atoms with Gasteiger partial charge in [-0.15, -0.1) is 0 Å². The van der Waals surface area contributed by atoms with Gasteiger partial charge in [-0.25, -0.2) is 14.3 Å². The van der Waals surface area contributed by atoms with Gasteiger partial charge in [0.25, 0.3) is 5.82 Å². The number of anilines is 1. The van der Waals surface area contributed by atoms with Crippen LogP contribution in [0.2, 0.25) is 0 Å². The summed E-state index contributed by atoms with van der Waals surface area (Å²) in [5, 5.41) is 2.62. The lowest BCUT2D eigenvalue weighted by Crippen LogP contribution is -2.27. The zero-order chi connectivity index (χ0) is 15.4. The lowest BCUT2D eigenvalue weighted by Gasteiger charge is -2.08. The van der Waals surface area contributed by atoms with Gasteiger partial charge in [-0.3, -0.25) is 10.1 Å². The van der Waals surface area contributed by atoms with Crippen LogP contribution in [0, 0.1) is 0 Å². The van der Waals surface area contributed by atoms with Gasteiger partial charge >= 0.3 is 11.8 Å². The van der Waals surface area contributed by atoms with Crippen molar-refractivity contribution in [2.75, 3.05) is 12.4 Å². The number of esters is 1. The molecule has 7 heteroatoms. The fraction of sp³-hybridized carbons (Fsp3) is 0.214. The normalized spacial score (nSPS) is 10.0. The molecule has 0 radical (unpaired) electrons. The number of aromatic amines is 1. The first-order chi connectivity index (χ1) is 10.0. The number of benzene rings is 1. The van der Waals surface area contributed by atoms with Crippen LogP contribution in [-0.4, -0.2) is 24.0 Å². The van der Waals surface area contributed by atoms with E-state index in [1.807, 2.05) is 0 Å². The number of nitrogens with one attached hydrogen (secondary N) is 2. The number of aryl methyl sites for hydroxylation is 1. The highest BCUT2D eigenvalue weighted by atomic mass is 16.5. The van der Waals surface area contributed by atoms with E-state index < -0.39 is 5.97 Å². The molecule has 2 N–H and O–H groups in total. The maximum Gasteiger partial charge on any atom is 0.356 e. The van der Waals surface area contributed by atoms with E-state index in [0.29, 0.717) is 23.0 Å². The van der Waals surface area contributed by atoms with Crippen LogP contribution in [0.3, 0.4) is 0 Å². The molecule has 0 aliphatic heterocycles. The molecule has 1 aromatic heterocycles. The molecule has 0 aliphatic rings. The van der Waals surface area contributed by atoms with Crippen LogP contribution in [-0.2, 0) is 16.6 Å². The van der Waals surface area contributed by atoms with Crippen LogP contribution in [0.25, 0.3) is 0 Å². The first kappa shape index (κ1) is 14.6. The number of amides is 1. The number of imidazole rings is 1. The van der Waals surface area contributed by atoms with Gasteiger partial charge in [0.2, 0.25) is 12.2 Å². The third-order valence-corrected chi connectivity index (χ3v) is 2.74. The van der Waals surface area contributed by atoms with Crippen molar-refractivity contribution >= 4 is 17.7 Å². The van der Waals surface area contributed by atoms with E-state index in [4.69, 9.17) is 9.47 Å². The van der Waals surface area contributed by atoms with Crippen molar-refractivity contribution in [3.05, 3.63) is 36.2 Å². The van der Waals surface area contributed by atoms with Gasteiger partial charge in [-0.2, -0.15) is 0 Å². The van der Waals surface area contributed by atoms with Crippen LogP contribution >= 0.6 is 0 Å².